The van der Waals surface area contributed by atoms with Gasteiger partial charge < -0.3 is 19.7 Å². The summed E-state index contributed by atoms with van der Waals surface area (Å²) >= 11 is 3.16. The van der Waals surface area contributed by atoms with Crippen LogP contribution in [-0.2, 0) is 19.1 Å². The molecule has 0 spiro atoms. The summed E-state index contributed by atoms with van der Waals surface area (Å²) < 4.78 is 9.91. The average molecular weight is 587 g/mol. The molecule has 0 radical (unpaired) electrons. The second-order valence-electron chi connectivity index (χ2n) is 9.29. The molecule has 0 saturated carbocycles. The van der Waals surface area contributed by atoms with E-state index in [-0.39, 0.29) is 22.8 Å². The number of alkyl halides is 1. The molecule has 10 heteroatoms. The van der Waals surface area contributed by atoms with Crippen molar-refractivity contribution < 1.29 is 33.4 Å². The highest BCUT2D eigenvalue weighted by molar-refractivity contribution is 9.09. The van der Waals surface area contributed by atoms with Crippen LogP contribution in [0, 0.1) is 5.92 Å². The Morgan fingerprint density at radius 3 is 2.00 bits per heavy atom. The smallest absolute Gasteiger partial charge is 0.407 e. The molecule has 2 aromatic carbocycles. The summed E-state index contributed by atoms with van der Waals surface area (Å²) in [5, 5.41) is 2.78. The van der Waals surface area contributed by atoms with Gasteiger partial charge in [0.1, 0.15) is 12.1 Å². The lowest BCUT2D eigenvalue weighted by Gasteiger charge is -2.29. The summed E-state index contributed by atoms with van der Waals surface area (Å²) in [5.74, 6) is -1.64. The number of esters is 1. The number of carbonyl (C=O) groups is 5. The maximum absolute atomic E-state index is 13.1. The third-order valence-corrected chi connectivity index (χ3v) is 6.92. The first-order valence-electron chi connectivity index (χ1n) is 12.3. The van der Waals surface area contributed by atoms with Gasteiger partial charge in [-0.2, -0.15) is 0 Å². The number of alkyl carbamates (subject to hydrolysis) is 1. The third-order valence-electron chi connectivity index (χ3n) is 6.41. The zero-order valence-corrected chi connectivity index (χ0v) is 23.2. The van der Waals surface area contributed by atoms with Crippen molar-refractivity contribution in [1.29, 1.82) is 0 Å². The molecular formula is C28H31BrN2O7. The number of Topliss-reactive ketones (excluding diaryl/α,β-unsaturated/α-hetero) is 2. The summed E-state index contributed by atoms with van der Waals surface area (Å²) in [6.07, 6.45) is 0.292. The van der Waals surface area contributed by atoms with Gasteiger partial charge in [-0.1, -0.05) is 78.3 Å². The molecule has 0 aromatic heterocycles. The molecule has 0 bridgehead atoms. The summed E-state index contributed by atoms with van der Waals surface area (Å²) in [6.45, 7) is 3.47. The predicted octanol–water partition coefficient (Wildman–Crippen LogP) is 4.03. The zero-order valence-electron chi connectivity index (χ0n) is 21.6. The van der Waals surface area contributed by atoms with Crippen molar-refractivity contribution in [3.8, 4) is 11.1 Å². The van der Waals surface area contributed by atoms with Crippen LogP contribution in [-0.4, -0.2) is 72.1 Å². The van der Waals surface area contributed by atoms with Crippen LogP contribution < -0.4 is 5.32 Å². The first-order chi connectivity index (χ1) is 18.2. The number of carbonyl (C=O) groups excluding carboxylic acids is 5. The number of rotatable bonds is 10. The van der Waals surface area contributed by atoms with E-state index in [0.29, 0.717) is 30.5 Å². The van der Waals surface area contributed by atoms with E-state index in [2.05, 4.69) is 26.0 Å². The van der Waals surface area contributed by atoms with E-state index in [1.54, 1.807) is 50.2 Å². The molecule has 202 valence electrons. The Morgan fingerprint density at radius 1 is 0.947 bits per heavy atom. The van der Waals surface area contributed by atoms with Gasteiger partial charge >= 0.3 is 12.1 Å². The van der Waals surface area contributed by atoms with Crippen molar-refractivity contribution in [2.24, 2.45) is 5.92 Å². The molecule has 1 aliphatic heterocycles. The van der Waals surface area contributed by atoms with Crippen molar-refractivity contribution in [2.45, 2.75) is 38.8 Å². The van der Waals surface area contributed by atoms with Gasteiger partial charge in [0.25, 0.3) is 0 Å². The fourth-order valence-electron chi connectivity index (χ4n) is 4.24. The fraction of sp³-hybridized carbons (Fsp3) is 0.393. The SMILES string of the molecule is COC(=O)NC(C(=O)N1CCCC1C(=O)OCC(=O)c1ccc(-c2ccc(C(=O)CBr)cc2)cc1)C(C)C. The Morgan fingerprint density at radius 2 is 1.50 bits per heavy atom. The Labute approximate surface area is 230 Å². The van der Waals surface area contributed by atoms with E-state index in [9.17, 15) is 24.0 Å². The fourth-order valence-corrected chi connectivity index (χ4v) is 4.57. The number of ether oxygens (including phenoxy) is 2. The normalized spacial score (nSPS) is 15.6. The summed E-state index contributed by atoms with van der Waals surface area (Å²) in [6, 6.07) is 12.4. The largest absolute Gasteiger partial charge is 0.456 e. The molecule has 3 rings (SSSR count). The highest BCUT2D eigenvalue weighted by Crippen LogP contribution is 2.23. The van der Waals surface area contributed by atoms with Crippen molar-refractivity contribution in [3.05, 3.63) is 59.7 Å². The number of nitrogens with zero attached hydrogens (tertiary/aromatic N) is 1. The Balaban J connectivity index is 1.59. The summed E-state index contributed by atoms with van der Waals surface area (Å²) in [7, 11) is 1.21. The molecule has 2 amide bonds. The number of benzene rings is 2. The molecule has 1 heterocycles. The van der Waals surface area contributed by atoms with Gasteiger partial charge in [0.15, 0.2) is 18.2 Å². The van der Waals surface area contributed by atoms with Crippen molar-refractivity contribution in [1.82, 2.24) is 10.2 Å². The van der Waals surface area contributed by atoms with E-state index >= 15 is 0 Å². The molecular weight excluding hydrogens is 556 g/mol. The van der Waals surface area contributed by atoms with Crippen LogP contribution in [0.25, 0.3) is 11.1 Å². The third kappa shape index (κ3) is 7.06. The second-order valence-corrected chi connectivity index (χ2v) is 9.85. The molecule has 1 saturated heterocycles. The number of likely N-dealkylation sites (tertiary alicyclic amines) is 1. The van der Waals surface area contributed by atoms with Gasteiger partial charge in [0, 0.05) is 17.7 Å². The lowest BCUT2D eigenvalue weighted by Crippen LogP contribution is -2.54. The van der Waals surface area contributed by atoms with Crippen LogP contribution >= 0.6 is 15.9 Å². The van der Waals surface area contributed by atoms with Gasteiger partial charge in [0.05, 0.1) is 12.4 Å². The van der Waals surface area contributed by atoms with Gasteiger partial charge in [-0.15, -0.1) is 0 Å². The molecule has 1 N–H and O–H groups in total. The molecule has 2 unspecified atom stereocenters. The average Bonchev–Trinajstić information content (AvgIpc) is 3.43. The van der Waals surface area contributed by atoms with Gasteiger partial charge in [0.2, 0.25) is 5.91 Å². The van der Waals surface area contributed by atoms with Gasteiger partial charge in [-0.25, -0.2) is 9.59 Å². The van der Waals surface area contributed by atoms with Gasteiger partial charge in [-0.05, 0) is 29.9 Å². The monoisotopic (exact) mass is 586 g/mol. The Bertz CT molecular complexity index is 1180. The van der Waals surface area contributed by atoms with Crippen molar-refractivity contribution >= 4 is 45.5 Å². The van der Waals surface area contributed by atoms with E-state index in [0.717, 1.165) is 11.1 Å². The minimum atomic E-state index is -0.850. The maximum Gasteiger partial charge on any atom is 0.407 e. The minimum Gasteiger partial charge on any atom is -0.456 e. The molecule has 38 heavy (non-hydrogen) atoms. The van der Waals surface area contributed by atoms with Crippen LogP contribution in [0.5, 0.6) is 0 Å². The van der Waals surface area contributed by atoms with Gasteiger partial charge in [-0.3, -0.25) is 14.4 Å². The number of methoxy groups -OCH3 is 1. The van der Waals surface area contributed by atoms with Crippen LogP contribution in [0.15, 0.2) is 48.5 Å². The molecule has 2 atom stereocenters. The molecule has 0 aliphatic carbocycles. The van der Waals surface area contributed by atoms with Crippen molar-refractivity contribution in [3.63, 3.8) is 0 Å². The van der Waals surface area contributed by atoms with E-state index in [4.69, 9.17) is 4.74 Å². The highest BCUT2D eigenvalue weighted by Gasteiger charge is 2.39. The van der Waals surface area contributed by atoms with E-state index in [1.165, 1.54) is 12.0 Å². The first-order valence-corrected chi connectivity index (χ1v) is 13.4. The van der Waals surface area contributed by atoms with E-state index < -0.39 is 36.7 Å². The van der Waals surface area contributed by atoms with Crippen LogP contribution in [0.2, 0.25) is 0 Å². The molecule has 9 nitrogen and oxygen atoms in total. The lowest BCUT2D eigenvalue weighted by atomic mass is 10.0. The maximum atomic E-state index is 13.1. The summed E-state index contributed by atoms with van der Waals surface area (Å²) in [4.78, 5) is 63.4. The predicted molar refractivity (Wildman–Crippen MR) is 144 cm³/mol. The number of nitrogens with one attached hydrogen (secondary N) is 1. The zero-order chi connectivity index (χ0) is 27.8. The number of hydrogen-bond acceptors (Lipinski definition) is 7. The minimum absolute atomic E-state index is 0.00488. The number of ketones is 2. The lowest BCUT2D eigenvalue weighted by molar-refractivity contribution is -0.153. The number of amides is 2. The van der Waals surface area contributed by atoms with Crippen molar-refractivity contribution in [2.75, 3.05) is 25.6 Å². The quantitative estimate of drug-likeness (QED) is 0.253. The highest BCUT2D eigenvalue weighted by atomic mass is 79.9. The van der Waals surface area contributed by atoms with E-state index in [1.807, 2.05) is 12.1 Å². The van der Waals surface area contributed by atoms with Crippen LogP contribution in [0.1, 0.15) is 47.4 Å². The Hall–Kier alpha value is -3.53. The summed E-state index contributed by atoms with van der Waals surface area (Å²) in [5.41, 5.74) is 2.76. The first kappa shape index (κ1) is 29.0. The molecule has 1 aliphatic rings. The second kappa shape index (κ2) is 13.3. The van der Waals surface area contributed by atoms with Crippen LogP contribution in [0.3, 0.4) is 0 Å². The number of hydrogen-bond donors (Lipinski definition) is 1. The number of halogens is 1. The topological polar surface area (TPSA) is 119 Å². The molecule has 2 aromatic rings. The molecule has 1 fully saturated rings. The Kier molecular flexibility index (Phi) is 10.2. The van der Waals surface area contributed by atoms with Crippen LogP contribution in [0.4, 0.5) is 4.79 Å². The standard InChI is InChI=1S/C28H31BrN2O7/c1-17(2)25(30-28(36)37-3)26(34)31-14-4-5-22(31)27(35)38-16-24(33)21-12-8-19(9-13-21)18-6-10-20(11-7-18)23(32)15-29/h6-13,17,22,25H,4-5,14-16H2,1-3H3,(H,30,36).